The van der Waals surface area contributed by atoms with Crippen molar-refractivity contribution in [1.82, 2.24) is 0 Å². The van der Waals surface area contributed by atoms with Gasteiger partial charge in [-0.05, 0) is 0 Å². The second-order valence-electron chi connectivity index (χ2n) is 19.1. The van der Waals surface area contributed by atoms with E-state index in [0.29, 0.717) is 14.2 Å². The minimum atomic E-state index is -6.20. The average molecular weight is 1520 g/mol. The van der Waals surface area contributed by atoms with E-state index in [0.717, 1.165) is 35.5 Å². The van der Waals surface area contributed by atoms with Gasteiger partial charge in [-0.2, -0.15) is 58.9 Å². The largest absolute Gasteiger partial charge is 0.479 e. The number of aliphatic hydroxyl groups is 1. The minimum Gasteiger partial charge on any atom is -0.479 e. The quantitative estimate of drug-likeness (QED) is 0.0268. The Hall–Kier alpha value is -2.65. The third-order valence-corrected chi connectivity index (χ3v) is 16.6. The van der Waals surface area contributed by atoms with Crippen LogP contribution in [-0.2, 0) is 187 Å². The summed E-state index contributed by atoms with van der Waals surface area (Å²) in [6.07, 6.45) is -60.2. The second kappa shape index (κ2) is 32.6. The van der Waals surface area contributed by atoms with Gasteiger partial charge in [0, 0.05) is 49.8 Å². The predicted octanol–water partition coefficient (Wildman–Crippen LogP) is -8.37. The normalized spacial score (nSPS) is 37.9. The van der Waals surface area contributed by atoms with Crippen molar-refractivity contribution in [1.29, 1.82) is 0 Å². The molecule has 5 saturated heterocycles. The molecule has 0 unspecified atom stereocenters. The molecule has 0 saturated carbocycles. The van der Waals surface area contributed by atoms with E-state index in [1.165, 1.54) is 0 Å². The van der Waals surface area contributed by atoms with Crippen LogP contribution in [0.5, 0.6) is 0 Å². The molecule has 546 valence electrons. The first kappa shape index (κ1) is 81.0. The lowest BCUT2D eigenvalue weighted by atomic mass is 9.94. The maximum absolute atomic E-state index is 13.3. The summed E-state index contributed by atoms with van der Waals surface area (Å²) in [5, 5.41) is 32.0. The molecule has 5 fully saturated rings. The van der Waals surface area contributed by atoms with Crippen molar-refractivity contribution in [3.63, 3.8) is 0 Å². The number of aliphatic carboxylic acids is 2. The number of rotatable bonds is 34. The van der Waals surface area contributed by atoms with Gasteiger partial charge in [-0.25, -0.2) is 38.9 Å². The van der Waals surface area contributed by atoms with E-state index in [1.807, 2.05) is 0 Å². The van der Waals surface area contributed by atoms with E-state index in [1.54, 1.807) is 0 Å². The van der Waals surface area contributed by atoms with Crippen LogP contribution in [0, 0.1) is 0 Å². The summed E-state index contributed by atoms with van der Waals surface area (Å²) in [6, 6.07) is 0. The molecule has 49 nitrogen and oxygen atoms in total. The summed E-state index contributed by atoms with van der Waals surface area (Å²) < 4.78 is 359. The van der Waals surface area contributed by atoms with Gasteiger partial charge in [0.15, 0.2) is 55.9 Å². The number of ether oxygens (including phenoxy) is 16. The lowest BCUT2D eigenvalue weighted by Gasteiger charge is -2.51. The van der Waals surface area contributed by atoms with Gasteiger partial charge in [0.2, 0.25) is 0 Å². The van der Waals surface area contributed by atoms with E-state index in [-0.39, 0.29) is 0 Å². The highest BCUT2D eigenvalue weighted by Gasteiger charge is 2.62. The van der Waals surface area contributed by atoms with Gasteiger partial charge in [0.05, 0.1) is 19.8 Å². The van der Waals surface area contributed by atoms with Gasteiger partial charge in [-0.1, -0.05) is 0 Å². The lowest BCUT2D eigenvalue weighted by molar-refractivity contribution is -0.388. The van der Waals surface area contributed by atoms with Crippen LogP contribution in [0.4, 0.5) is 0 Å². The average Bonchev–Trinajstić information content (AvgIpc) is 0.767. The van der Waals surface area contributed by atoms with Gasteiger partial charge < -0.3 is 91.1 Å². The van der Waals surface area contributed by atoms with Crippen molar-refractivity contribution in [2.45, 2.75) is 154 Å². The third kappa shape index (κ3) is 22.7. The van der Waals surface area contributed by atoms with Crippen molar-refractivity contribution < 1.29 is 221 Å². The van der Waals surface area contributed by atoms with Crippen LogP contribution in [0.3, 0.4) is 0 Å². The molecule has 5 aliphatic rings. The topological polar surface area (TPSA) is 688 Å². The Kier molecular flexibility index (Phi) is 28.4. The number of hydrogen-bond acceptors (Lipinski definition) is 40. The number of carboxylic acids is 2. The fourth-order valence-electron chi connectivity index (χ4n) is 10.0. The minimum absolute atomic E-state index is 0.691. The van der Waals surface area contributed by atoms with Crippen LogP contribution in [-0.4, -0.2) is 341 Å². The predicted molar refractivity (Wildman–Crippen MR) is 274 cm³/mol. The fourth-order valence-corrected chi connectivity index (χ4v) is 12.9. The Morgan fingerprint density at radius 1 is 0.301 bits per heavy atom. The molecule has 10 N–H and O–H groups in total. The molecular formula is C37H62O49S7. The standard InChI is InChI=1S/C37H62O49S7/c1-64-14-11(8-71-87(43,44)45)75-34(27(68-5)17(14)65-2)79-20-18(66-3)28(69-6)36(81-24(20)31(38)39)78-16-13(10-73-89(49,50)51)76-37(30(86-93(61,62)63)23(16)84-91(55,56)57)80-21-19(67-4)29(70-7)35(82-25(21)32(40)41)77-15-12(9-72-88(46,47)48)74-33(42)26(85-92(58,59)60)22(15)83-90(52,53)54/h11-30,33-37,42H,8-10H2,1-7H3,(H,38,39)(H,40,41)(H,43,44,45)(H,46,47,48)(H,49,50,51)(H,52,53,54)(H,55,56,57)(H,58,59,60)(H,61,62,63)/t11-,12-,13+,14-,15+,16+,17-,18-,19-,20-,21+,22-,23+,24-,25-,26-,27-,28+,29-,30-,33-,34-,35-,36+,37+/m1/s1. The Balaban J connectivity index is 1.62. The van der Waals surface area contributed by atoms with E-state index in [2.05, 4.69) is 20.9 Å². The van der Waals surface area contributed by atoms with E-state index in [9.17, 15) is 116 Å². The zero-order chi connectivity index (χ0) is 70.5. The summed E-state index contributed by atoms with van der Waals surface area (Å²) in [7, 11) is -34.3. The number of methoxy groups -OCH3 is 7. The van der Waals surface area contributed by atoms with Crippen LogP contribution in [0.15, 0.2) is 0 Å². The fraction of sp³-hybridized carbons (Fsp3) is 0.946. The summed E-state index contributed by atoms with van der Waals surface area (Å²) in [6.45, 7) is -4.42. The maximum Gasteiger partial charge on any atom is 0.397 e. The molecule has 0 aliphatic carbocycles. The highest BCUT2D eigenvalue weighted by atomic mass is 32.3. The molecule has 25 atom stereocenters. The molecule has 56 heteroatoms. The van der Waals surface area contributed by atoms with Crippen molar-refractivity contribution >= 4 is 84.7 Å². The molecule has 0 aromatic rings. The number of carboxylic acid groups (broad SMARTS) is 2. The molecule has 0 bridgehead atoms. The summed E-state index contributed by atoms with van der Waals surface area (Å²) in [5.41, 5.74) is 0. The van der Waals surface area contributed by atoms with Crippen LogP contribution < -0.4 is 0 Å². The van der Waals surface area contributed by atoms with Crippen LogP contribution in [0.2, 0.25) is 0 Å². The molecular weight excluding hydrogens is 1450 g/mol. The van der Waals surface area contributed by atoms with Crippen LogP contribution in [0.25, 0.3) is 0 Å². The van der Waals surface area contributed by atoms with Gasteiger partial charge in [0.1, 0.15) is 97.7 Å². The second-order valence-corrected chi connectivity index (χ2v) is 26.5. The van der Waals surface area contributed by atoms with Crippen molar-refractivity contribution in [3.8, 4) is 0 Å². The Labute approximate surface area is 526 Å². The Morgan fingerprint density at radius 2 is 0.548 bits per heavy atom. The van der Waals surface area contributed by atoms with Crippen molar-refractivity contribution in [2.24, 2.45) is 0 Å². The smallest absolute Gasteiger partial charge is 0.397 e. The summed E-state index contributed by atoms with van der Waals surface area (Å²) >= 11 is 0. The van der Waals surface area contributed by atoms with Gasteiger partial charge in [-0.15, -0.1) is 0 Å². The molecule has 5 aliphatic heterocycles. The number of aliphatic hydroxyl groups excluding tert-OH is 1. The van der Waals surface area contributed by atoms with E-state index >= 15 is 0 Å². The van der Waals surface area contributed by atoms with E-state index in [4.69, 9.17) is 84.2 Å². The number of carbonyl (C=O) groups is 2. The highest BCUT2D eigenvalue weighted by molar-refractivity contribution is 7.82. The zero-order valence-corrected chi connectivity index (χ0v) is 53.5. The Morgan fingerprint density at radius 3 is 0.849 bits per heavy atom. The summed E-state index contributed by atoms with van der Waals surface area (Å²) in [4.78, 5) is 26.5. The molecule has 0 spiro atoms. The Bertz CT molecular complexity index is 3320. The van der Waals surface area contributed by atoms with Crippen molar-refractivity contribution in [3.05, 3.63) is 0 Å². The van der Waals surface area contributed by atoms with E-state index < -0.39 is 258 Å². The first-order valence-electron chi connectivity index (χ1n) is 24.9. The molecule has 0 radical (unpaired) electrons. The van der Waals surface area contributed by atoms with Gasteiger partial charge in [0.25, 0.3) is 0 Å². The SMILES string of the molecule is CO[C@H]1[C@H](OC)[C@@H](O[C@@H]2[C@H](OS(=O)(=O)O)[C@@H](OS(=O)(=O)O)[C@H](O[C@H]3[C@@H](OC)[C@@H](OC)[C@H](O[C@@H]4[C@@H](OS(=O)(=O)O)[C@@H](OS(=O)(=O)O)[C@H](O)O[C@@H]4COS(=O)(=O)O)O[C@H]3C(=O)O)O[C@H]2COS(=O)(=O)O)O[C@@H](C(=O)O)[C@@H]1O[C@H]1O[C@H](COS(=O)(=O)O)[C@@H](OC)[C@@H](OC)[C@H]1OC. The van der Waals surface area contributed by atoms with Gasteiger partial charge >= 0.3 is 84.7 Å². The first-order chi connectivity index (χ1) is 42.7. The molecule has 0 aromatic carbocycles. The first-order valence-corrected chi connectivity index (χ1v) is 34.5. The monoisotopic (exact) mass is 1510 g/mol. The molecule has 5 rings (SSSR count). The molecule has 5 heterocycles. The van der Waals surface area contributed by atoms with Crippen LogP contribution in [0.1, 0.15) is 0 Å². The lowest BCUT2D eigenvalue weighted by Crippen LogP contribution is -2.70. The third-order valence-electron chi connectivity index (χ3n) is 13.4. The molecule has 93 heavy (non-hydrogen) atoms. The summed E-state index contributed by atoms with van der Waals surface area (Å²) in [5.74, 6) is -4.31. The van der Waals surface area contributed by atoms with Crippen LogP contribution >= 0.6 is 0 Å². The molecule has 0 aromatic heterocycles. The molecule has 0 amide bonds. The maximum atomic E-state index is 13.3. The van der Waals surface area contributed by atoms with Crippen molar-refractivity contribution in [2.75, 3.05) is 69.6 Å². The van der Waals surface area contributed by atoms with Gasteiger partial charge in [-0.3, -0.25) is 31.9 Å². The number of hydrogen-bond donors (Lipinski definition) is 10. The highest BCUT2D eigenvalue weighted by Crippen LogP contribution is 2.41. The zero-order valence-electron chi connectivity index (χ0n) is 47.8.